The predicted octanol–water partition coefficient (Wildman–Crippen LogP) is 2.70. The number of rotatable bonds is 2. The summed E-state index contributed by atoms with van der Waals surface area (Å²) in [6.07, 6.45) is 2.08. The Bertz CT molecular complexity index is 824. The molecule has 0 saturated carbocycles. The summed E-state index contributed by atoms with van der Waals surface area (Å²) >= 11 is 1.78. The summed E-state index contributed by atoms with van der Waals surface area (Å²) in [7, 11) is 1.84. The van der Waals surface area contributed by atoms with Crippen molar-refractivity contribution in [3.8, 4) is 0 Å². The lowest BCUT2D eigenvalue weighted by atomic mass is 9.96. The van der Waals surface area contributed by atoms with Gasteiger partial charge in [0.05, 0.1) is 10.2 Å². The summed E-state index contributed by atoms with van der Waals surface area (Å²) in [6.45, 7) is 4.08. The van der Waals surface area contributed by atoms with Gasteiger partial charge in [-0.25, -0.2) is 9.67 Å². The normalized spacial score (nSPS) is 16.3. The van der Waals surface area contributed by atoms with Gasteiger partial charge in [0, 0.05) is 26.1 Å². The van der Waals surface area contributed by atoms with Crippen LogP contribution in [0.1, 0.15) is 30.1 Å². The molecule has 0 bridgehead atoms. The van der Waals surface area contributed by atoms with Crippen LogP contribution in [0, 0.1) is 6.92 Å². The molecule has 0 atom stereocenters. The molecule has 6 nitrogen and oxygen atoms in total. The van der Waals surface area contributed by atoms with Gasteiger partial charge in [-0.15, -0.1) is 0 Å². The van der Waals surface area contributed by atoms with E-state index >= 15 is 0 Å². The number of hydrogen-bond acceptors (Lipinski definition) is 6. The highest BCUT2D eigenvalue weighted by molar-refractivity contribution is 7.22. The zero-order valence-electron chi connectivity index (χ0n) is 13.4. The summed E-state index contributed by atoms with van der Waals surface area (Å²) in [5.41, 5.74) is 8.15. The number of piperidine rings is 1. The van der Waals surface area contributed by atoms with Crippen LogP contribution in [0.5, 0.6) is 0 Å². The molecule has 23 heavy (non-hydrogen) atoms. The molecule has 1 aliphatic heterocycles. The van der Waals surface area contributed by atoms with Crippen LogP contribution in [0.25, 0.3) is 10.2 Å². The van der Waals surface area contributed by atoms with Crippen LogP contribution >= 0.6 is 11.3 Å². The van der Waals surface area contributed by atoms with Crippen LogP contribution in [0.2, 0.25) is 0 Å². The maximum absolute atomic E-state index is 5.79. The molecule has 3 aromatic rings. The number of anilines is 2. The van der Waals surface area contributed by atoms with Gasteiger partial charge in [-0.2, -0.15) is 10.1 Å². The SMILES string of the molecule is Cc1ccc2sc(N3CCC(c4nc(N)n(C)n4)CC3)nc2c1. The highest BCUT2D eigenvalue weighted by atomic mass is 32.1. The molecule has 2 aromatic heterocycles. The van der Waals surface area contributed by atoms with Crippen LogP contribution in [-0.4, -0.2) is 32.8 Å². The van der Waals surface area contributed by atoms with Gasteiger partial charge in [-0.1, -0.05) is 17.4 Å². The molecule has 1 aromatic carbocycles. The molecule has 120 valence electrons. The summed E-state index contributed by atoms with van der Waals surface area (Å²) in [6, 6.07) is 6.47. The molecule has 1 saturated heterocycles. The Balaban J connectivity index is 1.49. The minimum Gasteiger partial charge on any atom is -0.368 e. The fourth-order valence-corrected chi connectivity index (χ4v) is 4.08. The highest BCUT2D eigenvalue weighted by Gasteiger charge is 2.25. The zero-order chi connectivity index (χ0) is 16.0. The Labute approximate surface area is 139 Å². The molecule has 7 heteroatoms. The quantitative estimate of drug-likeness (QED) is 0.783. The van der Waals surface area contributed by atoms with E-state index in [1.54, 1.807) is 16.0 Å². The van der Waals surface area contributed by atoms with E-state index in [1.807, 2.05) is 7.05 Å². The average molecular weight is 328 g/mol. The Morgan fingerprint density at radius 1 is 1.22 bits per heavy atom. The maximum Gasteiger partial charge on any atom is 0.218 e. The van der Waals surface area contributed by atoms with E-state index in [4.69, 9.17) is 10.7 Å². The standard InChI is InChI=1S/C16H20N6S/c1-10-3-4-13-12(9-10)18-16(23-13)22-7-5-11(6-8-22)14-19-15(17)21(2)20-14/h3-4,9,11H,5-8H2,1-2H3,(H2,17,19,20). The molecule has 3 heterocycles. The molecular weight excluding hydrogens is 308 g/mol. The molecule has 1 aliphatic rings. The summed E-state index contributed by atoms with van der Waals surface area (Å²) in [4.78, 5) is 11.6. The zero-order valence-corrected chi connectivity index (χ0v) is 14.2. The number of fused-ring (bicyclic) bond motifs is 1. The Hall–Kier alpha value is -2.15. The van der Waals surface area contributed by atoms with Gasteiger partial charge in [-0.05, 0) is 37.5 Å². The number of nitrogens with zero attached hydrogens (tertiary/aromatic N) is 5. The molecule has 1 fully saturated rings. The van der Waals surface area contributed by atoms with Crippen LogP contribution in [-0.2, 0) is 7.05 Å². The van der Waals surface area contributed by atoms with Gasteiger partial charge in [0.2, 0.25) is 5.95 Å². The van der Waals surface area contributed by atoms with Crippen molar-refractivity contribution in [2.75, 3.05) is 23.7 Å². The van der Waals surface area contributed by atoms with Crippen molar-refractivity contribution in [2.45, 2.75) is 25.7 Å². The minimum absolute atomic E-state index is 0.395. The average Bonchev–Trinajstić information content (AvgIpc) is 3.11. The van der Waals surface area contributed by atoms with E-state index in [0.717, 1.165) is 42.4 Å². The predicted molar refractivity (Wildman–Crippen MR) is 94.0 cm³/mol. The second kappa shape index (κ2) is 5.49. The topological polar surface area (TPSA) is 72.9 Å². The summed E-state index contributed by atoms with van der Waals surface area (Å²) in [5, 5.41) is 5.55. The number of benzene rings is 1. The number of thiazole rings is 1. The third-order valence-corrected chi connectivity index (χ3v) is 5.57. The molecule has 0 radical (unpaired) electrons. The largest absolute Gasteiger partial charge is 0.368 e. The van der Waals surface area contributed by atoms with E-state index in [0.29, 0.717) is 11.9 Å². The number of hydrogen-bond donors (Lipinski definition) is 1. The molecule has 2 N–H and O–H groups in total. The monoisotopic (exact) mass is 328 g/mol. The highest BCUT2D eigenvalue weighted by Crippen LogP contribution is 2.34. The Morgan fingerprint density at radius 2 is 2.00 bits per heavy atom. The Kier molecular flexibility index (Phi) is 3.45. The molecule has 0 aliphatic carbocycles. The number of nitrogens with two attached hydrogens (primary N) is 1. The van der Waals surface area contributed by atoms with Crippen molar-refractivity contribution in [3.05, 3.63) is 29.6 Å². The van der Waals surface area contributed by atoms with Crippen molar-refractivity contribution >= 4 is 32.6 Å². The van der Waals surface area contributed by atoms with Crippen LogP contribution in [0.3, 0.4) is 0 Å². The molecule has 0 spiro atoms. The smallest absolute Gasteiger partial charge is 0.218 e. The maximum atomic E-state index is 5.79. The van der Waals surface area contributed by atoms with Gasteiger partial charge < -0.3 is 10.6 Å². The first-order chi connectivity index (χ1) is 11.1. The van der Waals surface area contributed by atoms with Crippen molar-refractivity contribution < 1.29 is 0 Å². The molecule has 0 unspecified atom stereocenters. The van der Waals surface area contributed by atoms with Crippen LogP contribution < -0.4 is 10.6 Å². The van der Waals surface area contributed by atoms with Crippen molar-refractivity contribution in [2.24, 2.45) is 7.05 Å². The van der Waals surface area contributed by atoms with Crippen LogP contribution in [0.15, 0.2) is 18.2 Å². The van der Waals surface area contributed by atoms with Gasteiger partial charge in [-0.3, -0.25) is 0 Å². The number of aromatic nitrogens is 4. The number of aryl methyl sites for hydroxylation is 2. The van der Waals surface area contributed by atoms with E-state index in [2.05, 4.69) is 40.1 Å². The van der Waals surface area contributed by atoms with E-state index in [-0.39, 0.29) is 0 Å². The first-order valence-corrected chi connectivity index (χ1v) is 8.70. The van der Waals surface area contributed by atoms with E-state index < -0.39 is 0 Å². The van der Waals surface area contributed by atoms with Gasteiger partial charge in [0.15, 0.2) is 11.0 Å². The second-order valence-electron chi connectivity index (χ2n) is 6.18. The fourth-order valence-electron chi connectivity index (χ4n) is 3.08. The third-order valence-electron chi connectivity index (χ3n) is 4.48. The molecular formula is C16H20N6S. The van der Waals surface area contributed by atoms with E-state index in [1.165, 1.54) is 10.3 Å². The Morgan fingerprint density at radius 3 is 2.70 bits per heavy atom. The van der Waals surface area contributed by atoms with Crippen molar-refractivity contribution in [3.63, 3.8) is 0 Å². The summed E-state index contributed by atoms with van der Waals surface area (Å²) in [5.74, 6) is 1.76. The van der Waals surface area contributed by atoms with E-state index in [9.17, 15) is 0 Å². The van der Waals surface area contributed by atoms with Crippen molar-refractivity contribution in [1.29, 1.82) is 0 Å². The lowest BCUT2D eigenvalue weighted by Crippen LogP contribution is -2.33. The van der Waals surface area contributed by atoms with Gasteiger partial charge >= 0.3 is 0 Å². The number of nitrogen functional groups attached to an aromatic ring is 1. The first-order valence-electron chi connectivity index (χ1n) is 7.89. The van der Waals surface area contributed by atoms with Crippen molar-refractivity contribution in [1.82, 2.24) is 19.7 Å². The summed E-state index contributed by atoms with van der Waals surface area (Å²) < 4.78 is 2.91. The first kappa shape index (κ1) is 14.4. The van der Waals surface area contributed by atoms with Gasteiger partial charge in [0.1, 0.15) is 0 Å². The lowest BCUT2D eigenvalue weighted by Gasteiger charge is -2.30. The van der Waals surface area contributed by atoms with Crippen LogP contribution in [0.4, 0.5) is 11.1 Å². The minimum atomic E-state index is 0.395. The molecule has 4 rings (SSSR count). The molecule has 0 amide bonds. The fraction of sp³-hybridized carbons (Fsp3) is 0.438. The second-order valence-corrected chi connectivity index (χ2v) is 7.19. The lowest BCUT2D eigenvalue weighted by molar-refractivity contribution is 0.483. The third kappa shape index (κ3) is 2.65. The van der Waals surface area contributed by atoms with Gasteiger partial charge in [0.25, 0.3) is 0 Å².